The summed E-state index contributed by atoms with van der Waals surface area (Å²) in [6, 6.07) is 0. The number of aliphatic carboxylic acids is 1. The molecular weight excluding hydrogens is 378 g/mol. The summed E-state index contributed by atoms with van der Waals surface area (Å²) in [6.07, 6.45) is 16.2. The first-order valence-corrected chi connectivity index (χ1v) is 12.6. The molecule has 1 unspecified atom stereocenters. The van der Waals surface area contributed by atoms with Crippen LogP contribution in [0.5, 0.6) is 0 Å². The van der Waals surface area contributed by atoms with Crippen molar-refractivity contribution in [3.05, 3.63) is 0 Å². The van der Waals surface area contributed by atoms with Crippen LogP contribution in [0.3, 0.4) is 0 Å². The first kappa shape index (κ1) is 27.3. The summed E-state index contributed by atoms with van der Waals surface area (Å²) in [5.74, 6) is -1.60. The van der Waals surface area contributed by atoms with Gasteiger partial charge in [-0.05, 0) is 33.4 Å². The van der Waals surface area contributed by atoms with Gasteiger partial charge in [0.25, 0.3) is 10.1 Å². The molecule has 0 bridgehead atoms. The van der Waals surface area contributed by atoms with E-state index >= 15 is 0 Å². The van der Waals surface area contributed by atoms with Gasteiger partial charge in [-0.25, -0.2) is 0 Å². The maximum atomic E-state index is 11.6. The molecule has 0 rings (SSSR count). The standard InChI is InChI=1S/C21H43NO5S/c1-4-5-6-7-8-9-10-11-12-13-14-15-16-18-22(3)21(2,20(23)24)17-19-28(25,26)27/h4-19H2,1-3H3,(H,23,24)(H,25,26,27). The van der Waals surface area contributed by atoms with E-state index in [1.807, 2.05) is 0 Å². The first-order valence-electron chi connectivity index (χ1n) is 11.0. The molecule has 0 aromatic rings. The van der Waals surface area contributed by atoms with Gasteiger partial charge in [0.2, 0.25) is 0 Å². The van der Waals surface area contributed by atoms with Gasteiger partial charge in [0.1, 0.15) is 5.54 Å². The summed E-state index contributed by atoms with van der Waals surface area (Å²) in [5, 5.41) is 9.49. The highest BCUT2D eigenvalue weighted by Crippen LogP contribution is 2.21. The Hall–Kier alpha value is -0.660. The van der Waals surface area contributed by atoms with Crippen molar-refractivity contribution in [3.8, 4) is 0 Å². The normalized spacial score (nSPS) is 14.3. The Bertz CT molecular complexity index is 509. The molecule has 0 radical (unpaired) electrons. The van der Waals surface area contributed by atoms with E-state index in [0.717, 1.165) is 19.3 Å². The van der Waals surface area contributed by atoms with Crippen molar-refractivity contribution in [1.29, 1.82) is 0 Å². The number of unbranched alkanes of at least 4 members (excludes halogenated alkanes) is 12. The van der Waals surface area contributed by atoms with Crippen molar-refractivity contribution in [2.75, 3.05) is 19.3 Å². The van der Waals surface area contributed by atoms with Gasteiger partial charge >= 0.3 is 5.97 Å². The molecule has 0 aliphatic carbocycles. The third-order valence-electron chi connectivity index (χ3n) is 5.75. The number of carboxylic acids is 1. The zero-order valence-electron chi connectivity index (χ0n) is 18.3. The van der Waals surface area contributed by atoms with Crippen molar-refractivity contribution in [1.82, 2.24) is 4.90 Å². The molecule has 0 saturated carbocycles. The Labute approximate surface area is 172 Å². The summed E-state index contributed by atoms with van der Waals surface area (Å²) in [4.78, 5) is 13.3. The van der Waals surface area contributed by atoms with Crippen molar-refractivity contribution < 1.29 is 22.9 Å². The predicted molar refractivity (Wildman–Crippen MR) is 115 cm³/mol. The topological polar surface area (TPSA) is 94.9 Å². The van der Waals surface area contributed by atoms with Crippen LogP contribution in [-0.2, 0) is 14.9 Å². The Morgan fingerprint density at radius 2 is 1.25 bits per heavy atom. The molecule has 0 fully saturated rings. The molecule has 1 atom stereocenters. The van der Waals surface area contributed by atoms with E-state index < -0.39 is 27.4 Å². The smallest absolute Gasteiger partial charge is 0.323 e. The molecule has 0 aliphatic rings. The fourth-order valence-electron chi connectivity index (χ4n) is 3.40. The van der Waals surface area contributed by atoms with Gasteiger partial charge in [-0.1, -0.05) is 84.0 Å². The molecule has 2 N–H and O–H groups in total. The summed E-state index contributed by atoms with van der Waals surface area (Å²) in [5.41, 5.74) is -1.28. The highest BCUT2D eigenvalue weighted by molar-refractivity contribution is 7.85. The monoisotopic (exact) mass is 421 g/mol. The maximum Gasteiger partial charge on any atom is 0.323 e. The van der Waals surface area contributed by atoms with Crippen molar-refractivity contribution >= 4 is 16.1 Å². The minimum Gasteiger partial charge on any atom is -0.480 e. The quantitative estimate of drug-likeness (QED) is 0.222. The molecule has 28 heavy (non-hydrogen) atoms. The van der Waals surface area contributed by atoms with Crippen molar-refractivity contribution in [2.24, 2.45) is 0 Å². The molecule has 0 heterocycles. The molecule has 168 valence electrons. The molecule has 0 aliphatic heterocycles. The summed E-state index contributed by atoms with van der Waals surface area (Å²) < 4.78 is 30.8. The third kappa shape index (κ3) is 13.5. The zero-order valence-corrected chi connectivity index (χ0v) is 19.1. The van der Waals surface area contributed by atoms with Crippen molar-refractivity contribution in [3.63, 3.8) is 0 Å². The first-order chi connectivity index (χ1) is 13.1. The molecule has 0 aromatic heterocycles. The van der Waals surface area contributed by atoms with Gasteiger partial charge < -0.3 is 5.11 Å². The van der Waals surface area contributed by atoms with Crippen LogP contribution in [-0.4, -0.2) is 53.8 Å². The summed E-state index contributed by atoms with van der Waals surface area (Å²) in [6.45, 7) is 4.36. The van der Waals surface area contributed by atoms with Crippen LogP contribution in [0.2, 0.25) is 0 Å². The largest absolute Gasteiger partial charge is 0.480 e. The second kappa shape index (κ2) is 15.2. The van der Waals surface area contributed by atoms with Gasteiger partial charge in [0.05, 0.1) is 5.75 Å². The molecule has 7 heteroatoms. The number of nitrogens with zero attached hydrogens (tertiary/aromatic N) is 1. The van der Waals surface area contributed by atoms with Crippen molar-refractivity contribution in [2.45, 2.75) is 109 Å². The second-order valence-electron chi connectivity index (χ2n) is 8.28. The highest BCUT2D eigenvalue weighted by atomic mass is 32.2. The van der Waals surface area contributed by atoms with Crippen LogP contribution >= 0.6 is 0 Å². The van der Waals surface area contributed by atoms with E-state index in [2.05, 4.69) is 6.92 Å². The van der Waals surface area contributed by atoms with Crippen LogP contribution < -0.4 is 0 Å². The van der Waals surface area contributed by atoms with E-state index in [4.69, 9.17) is 4.55 Å². The number of hydrogen-bond donors (Lipinski definition) is 2. The lowest BCUT2D eigenvalue weighted by Gasteiger charge is -2.34. The summed E-state index contributed by atoms with van der Waals surface area (Å²) in [7, 11) is -2.46. The van der Waals surface area contributed by atoms with E-state index in [0.29, 0.717) is 6.54 Å². The zero-order chi connectivity index (χ0) is 21.5. The Morgan fingerprint density at radius 1 is 0.857 bits per heavy atom. The maximum absolute atomic E-state index is 11.6. The average molecular weight is 422 g/mol. The lowest BCUT2D eigenvalue weighted by Crippen LogP contribution is -2.51. The molecular formula is C21H43NO5S. The van der Waals surface area contributed by atoms with Gasteiger partial charge in [-0.2, -0.15) is 8.42 Å². The molecule has 0 saturated heterocycles. The fraction of sp³-hybridized carbons (Fsp3) is 0.952. The molecule has 0 amide bonds. The van der Waals surface area contributed by atoms with Gasteiger partial charge in [0.15, 0.2) is 0 Å². The Morgan fingerprint density at radius 3 is 1.61 bits per heavy atom. The SMILES string of the molecule is CCCCCCCCCCCCCCCN(C)C(C)(CCS(=O)(=O)O)C(=O)O. The van der Waals surface area contributed by atoms with E-state index in [1.165, 1.54) is 71.1 Å². The van der Waals surface area contributed by atoms with Gasteiger partial charge in [-0.15, -0.1) is 0 Å². The lowest BCUT2D eigenvalue weighted by atomic mass is 9.96. The van der Waals surface area contributed by atoms with Crippen LogP contribution in [0.15, 0.2) is 0 Å². The number of hydrogen-bond acceptors (Lipinski definition) is 4. The van der Waals surface area contributed by atoms with Gasteiger partial charge in [-0.3, -0.25) is 14.2 Å². The Balaban J connectivity index is 3.81. The molecule has 6 nitrogen and oxygen atoms in total. The average Bonchev–Trinajstić information content (AvgIpc) is 2.62. The van der Waals surface area contributed by atoms with Crippen LogP contribution in [0, 0.1) is 0 Å². The van der Waals surface area contributed by atoms with Crippen LogP contribution in [0.4, 0.5) is 0 Å². The minimum absolute atomic E-state index is 0.129. The summed E-state index contributed by atoms with van der Waals surface area (Å²) >= 11 is 0. The molecule has 0 aromatic carbocycles. The third-order valence-corrected chi connectivity index (χ3v) is 6.47. The van der Waals surface area contributed by atoms with Gasteiger partial charge in [0, 0.05) is 0 Å². The number of rotatable bonds is 19. The molecule has 0 spiro atoms. The minimum atomic E-state index is -4.16. The number of carbonyl (C=O) groups is 1. The van der Waals surface area contributed by atoms with Crippen LogP contribution in [0.25, 0.3) is 0 Å². The number of carboxylic acid groups (broad SMARTS) is 1. The Kier molecular flexibility index (Phi) is 14.9. The second-order valence-corrected chi connectivity index (χ2v) is 9.85. The lowest BCUT2D eigenvalue weighted by molar-refractivity contribution is -0.149. The number of likely N-dealkylation sites (N-methyl/N-ethyl adjacent to an activating group) is 1. The predicted octanol–water partition coefficient (Wildman–Crippen LogP) is 5.13. The fourth-order valence-corrected chi connectivity index (χ4v) is 4.06. The van der Waals surface area contributed by atoms with E-state index in [1.54, 1.807) is 11.9 Å². The van der Waals surface area contributed by atoms with Crippen LogP contribution in [0.1, 0.15) is 104 Å². The highest BCUT2D eigenvalue weighted by Gasteiger charge is 2.38. The van der Waals surface area contributed by atoms with E-state index in [-0.39, 0.29) is 6.42 Å². The van der Waals surface area contributed by atoms with E-state index in [9.17, 15) is 18.3 Å².